The van der Waals surface area contributed by atoms with Crippen molar-refractivity contribution in [3.05, 3.63) is 0 Å². The lowest BCUT2D eigenvalue weighted by Crippen LogP contribution is -2.25. The Morgan fingerprint density at radius 1 is 1.35 bits per heavy atom. The summed E-state index contributed by atoms with van der Waals surface area (Å²) in [6.45, 7) is 6.87. The van der Waals surface area contributed by atoms with Gasteiger partial charge in [-0.3, -0.25) is 0 Å². The number of hydrogen-bond donors (Lipinski definition) is 0. The third-order valence-corrected chi connectivity index (χ3v) is 4.01. The fourth-order valence-electron chi connectivity index (χ4n) is 1.24. The van der Waals surface area contributed by atoms with Crippen LogP contribution in [0.4, 0.5) is 0 Å². The van der Waals surface area contributed by atoms with Gasteiger partial charge in [0.25, 0.3) is 0 Å². The topological polar surface area (TPSA) is 52.6 Å². The molecular formula is C11H23ClO4S. The van der Waals surface area contributed by atoms with Gasteiger partial charge in [-0.2, -0.15) is 0 Å². The summed E-state index contributed by atoms with van der Waals surface area (Å²) in [5.74, 6) is -0.0678. The smallest absolute Gasteiger partial charge is 0.232 e. The molecule has 6 heteroatoms. The fourth-order valence-corrected chi connectivity index (χ4v) is 2.66. The summed E-state index contributed by atoms with van der Waals surface area (Å²) in [4.78, 5) is 0. The molecule has 4 nitrogen and oxygen atoms in total. The molecule has 104 valence electrons. The fraction of sp³-hybridized carbons (Fsp3) is 1.00. The maximum absolute atomic E-state index is 10.9. The van der Waals surface area contributed by atoms with Gasteiger partial charge in [0.05, 0.1) is 18.0 Å². The first-order chi connectivity index (χ1) is 7.70. The first-order valence-electron chi connectivity index (χ1n) is 5.75. The van der Waals surface area contributed by atoms with Crippen molar-refractivity contribution in [3.63, 3.8) is 0 Å². The SMILES string of the molecule is CCC(COCCC(C)(C)OC)CS(=O)(=O)Cl. The van der Waals surface area contributed by atoms with Gasteiger partial charge >= 0.3 is 0 Å². The van der Waals surface area contributed by atoms with E-state index in [1.807, 2.05) is 20.8 Å². The number of methoxy groups -OCH3 is 1. The molecule has 0 aromatic heterocycles. The minimum Gasteiger partial charge on any atom is -0.381 e. The molecular weight excluding hydrogens is 264 g/mol. The van der Waals surface area contributed by atoms with Gasteiger partial charge in [0.1, 0.15) is 0 Å². The van der Waals surface area contributed by atoms with Gasteiger partial charge in [-0.1, -0.05) is 13.3 Å². The summed E-state index contributed by atoms with van der Waals surface area (Å²) in [5, 5.41) is 0. The lowest BCUT2D eigenvalue weighted by Gasteiger charge is -2.23. The van der Waals surface area contributed by atoms with Crippen molar-refractivity contribution in [2.45, 2.75) is 39.2 Å². The summed E-state index contributed by atoms with van der Waals surface area (Å²) >= 11 is 0. The van der Waals surface area contributed by atoms with Crippen LogP contribution < -0.4 is 0 Å². The molecule has 17 heavy (non-hydrogen) atoms. The highest BCUT2D eigenvalue weighted by atomic mass is 35.7. The Balaban J connectivity index is 3.86. The second-order valence-corrected chi connectivity index (χ2v) is 7.59. The van der Waals surface area contributed by atoms with E-state index < -0.39 is 9.05 Å². The van der Waals surface area contributed by atoms with Crippen LogP contribution in [-0.4, -0.2) is 40.1 Å². The molecule has 0 N–H and O–H groups in total. The van der Waals surface area contributed by atoms with Crippen LogP contribution in [-0.2, 0) is 18.5 Å². The summed E-state index contributed by atoms with van der Waals surface area (Å²) in [5.41, 5.74) is -0.208. The van der Waals surface area contributed by atoms with Crippen molar-refractivity contribution >= 4 is 19.7 Å². The maximum Gasteiger partial charge on any atom is 0.232 e. The summed E-state index contributed by atoms with van der Waals surface area (Å²) in [7, 11) is 3.43. The highest BCUT2D eigenvalue weighted by molar-refractivity contribution is 8.13. The molecule has 0 fully saturated rings. The molecule has 0 amide bonds. The zero-order valence-electron chi connectivity index (χ0n) is 11.0. The highest BCUT2D eigenvalue weighted by Gasteiger charge is 2.18. The molecule has 0 saturated carbocycles. The largest absolute Gasteiger partial charge is 0.381 e. The molecule has 0 heterocycles. The van der Waals surface area contributed by atoms with Crippen LogP contribution in [0, 0.1) is 5.92 Å². The molecule has 1 atom stereocenters. The van der Waals surface area contributed by atoms with Gasteiger partial charge in [0.15, 0.2) is 0 Å². The normalized spacial score (nSPS) is 14.9. The van der Waals surface area contributed by atoms with Gasteiger partial charge in [0.2, 0.25) is 9.05 Å². The molecule has 0 aliphatic rings. The van der Waals surface area contributed by atoms with Gasteiger partial charge in [-0.15, -0.1) is 0 Å². The zero-order valence-corrected chi connectivity index (χ0v) is 12.6. The molecule has 0 spiro atoms. The molecule has 1 unspecified atom stereocenters. The van der Waals surface area contributed by atoms with E-state index in [4.69, 9.17) is 20.2 Å². The molecule has 0 aliphatic heterocycles. The molecule has 0 rings (SSSR count). The van der Waals surface area contributed by atoms with Gasteiger partial charge < -0.3 is 9.47 Å². The van der Waals surface area contributed by atoms with E-state index in [0.717, 1.165) is 12.8 Å². The Kier molecular flexibility index (Phi) is 7.63. The summed E-state index contributed by atoms with van der Waals surface area (Å²) < 4.78 is 32.6. The minimum atomic E-state index is -3.44. The second kappa shape index (κ2) is 7.56. The van der Waals surface area contributed by atoms with Crippen LogP contribution in [0.1, 0.15) is 33.6 Å². The van der Waals surface area contributed by atoms with Crippen molar-refractivity contribution in [2.24, 2.45) is 5.92 Å². The van der Waals surface area contributed by atoms with E-state index in [1.165, 1.54) is 0 Å². The van der Waals surface area contributed by atoms with E-state index in [2.05, 4.69) is 0 Å². The van der Waals surface area contributed by atoms with Crippen LogP contribution in [0.2, 0.25) is 0 Å². The van der Waals surface area contributed by atoms with Crippen molar-refractivity contribution in [1.82, 2.24) is 0 Å². The number of ether oxygens (including phenoxy) is 2. The number of rotatable bonds is 9. The standard InChI is InChI=1S/C11H23ClO4S/c1-5-10(9-17(12,13)14)8-16-7-6-11(2,3)15-4/h10H,5-9H2,1-4H3. The highest BCUT2D eigenvalue weighted by Crippen LogP contribution is 2.14. The van der Waals surface area contributed by atoms with Crippen LogP contribution in [0.3, 0.4) is 0 Å². The Morgan fingerprint density at radius 3 is 2.35 bits per heavy atom. The van der Waals surface area contributed by atoms with Gasteiger partial charge in [-0.25, -0.2) is 8.42 Å². The average molecular weight is 287 g/mol. The van der Waals surface area contributed by atoms with Crippen LogP contribution in [0.5, 0.6) is 0 Å². The molecule has 0 aliphatic carbocycles. The third-order valence-electron chi connectivity index (χ3n) is 2.77. The molecule has 0 radical (unpaired) electrons. The Morgan fingerprint density at radius 2 is 1.94 bits per heavy atom. The summed E-state index contributed by atoms with van der Waals surface area (Å²) in [6.07, 6.45) is 1.51. The Labute approximate surface area is 109 Å². The second-order valence-electron chi connectivity index (χ2n) is 4.77. The van der Waals surface area contributed by atoms with Gasteiger partial charge in [0, 0.05) is 24.4 Å². The van der Waals surface area contributed by atoms with E-state index in [9.17, 15) is 8.42 Å². The minimum absolute atomic E-state index is 0.0290. The van der Waals surface area contributed by atoms with E-state index in [0.29, 0.717) is 13.2 Å². The molecule has 0 bridgehead atoms. The quantitative estimate of drug-likeness (QED) is 0.482. The van der Waals surface area contributed by atoms with Crippen molar-refractivity contribution in [1.29, 1.82) is 0 Å². The predicted octanol–water partition coefficient (Wildman–Crippen LogP) is 2.41. The molecule has 0 aromatic carbocycles. The number of hydrogen-bond acceptors (Lipinski definition) is 4. The van der Waals surface area contributed by atoms with Crippen LogP contribution in [0.25, 0.3) is 0 Å². The van der Waals surface area contributed by atoms with Crippen molar-refractivity contribution in [2.75, 3.05) is 26.1 Å². The van der Waals surface area contributed by atoms with Crippen molar-refractivity contribution in [3.8, 4) is 0 Å². The maximum atomic E-state index is 10.9. The number of halogens is 1. The molecule has 0 saturated heterocycles. The predicted molar refractivity (Wildman–Crippen MR) is 69.9 cm³/mol. The van der Waals surface area contributed by atoms with Gasteiger partial charge in [-0.05, 0) is 26.2 Å². The van der Waals surface area contributed by atoms with E-state index >= 15 is 0 Å². The zero-order chi connectivity index (χ0) is 13.5. The lowest BCUT2D eigenvalue weighted by molar-refractivity contribution is -0.0135. The Bertz CT molecular complexity index is 301. The van der Waals surface area contributed by atoms with E-state index in [1.54, 1.807) is 7.11 Å². The van der Waals surface area contributed by atoms with E-state index in [-0.39, 0.29) is 17.3 Å². The monoisotopic (exact) mass is 286 g/mol. The first-order valence-corrected chi connectivity index (χ1v) is 8.23. The van der Waals surface area contributed by atoms with Crippen molar-refractivity contribution < 1.29 is 17.9 Å². The van der Waals surface area contributed by atoms with Crippen LogP contribution in [0.15, 0.2) is 0 Å². The van der Waals surface area contributed by atoms with Crippen LogP contribution >= 0.6 is 10.7 Å². The summed E-state index contributed by atoms with van der Waals surface area (Å²) in [6, 6.07) is 0. The first kappa shape index (κ1) is 17.2. The lowest BCUT2D eigenvalue weighted by atomic mass is 10.1. The Hall–Kier alpha value is 0.160. The molecule has 0 aromatic rings. The third kappa shape index (κ3) is 9.83. The average Bonchev–Trinajstić information content (AvgIpc) is 2.21.